The lowest BCUT2D eigenvalue weighted by atomic mass is 9.91. The summed E-state index contributed by atoms with van der Waals surface area (Å²) in [5.41, 5.74) is 0.970. The number of fused-ring (bicyclic) bond motifs is 2. The average Bonchev–Trinajstić information content (AvgIpc) is 3.08. The van der Waals surface area contributed by atoms with Crippen LogP contribution in [0.2, 0.25) is 0 Å². The first-order valence-electron chi connectivity index (χ1n) is 9.41. The van der Waals surface area contributed by atoms with E-state index < -0.39 is 11.6 Å². The van der Waals surface area contributed by atoms with Crippen molar-refractivity contribution in [2.45, 2.75) is 38.6 Å². The zero-order chi connectivity index (χ0) is 18.5. The number of likely N-dealkylation sites (tertiary alicyclic amines) is 1. The second kappa shape index (κ2) is 6.11. The van der Waals surface area contributed by atoms with Crippen LogP contribution in [-0.4, -0.2) is 47.3 Å². The molecule has 2 aliphatic heterocycles. The maximum Gasteiger partial charge on any atom is 0.325 e. The van der Waals surface area contributed by atoms with Gasteiger partial charge in [0.1, 0.15) is 12.1 Å². The minimum atomic E-state index is -0.990. The highest BCUT2D eigenvalue weighted by Gasteiger charge is 2.55. The first-order valence-corrected chi connectivity index (χ1v) is 9.41. The van der Waals surface area contributed by atoms with Crippen LogP contribution in [0, 0.1) is 11.8 Å². The van der Waals surface area contributed by atoms with Crippen molar-refractivity contribution in [3.8, 4) is 0 Å². The summed E-state index contributed by atoms with van der Waals surface area (Å²) in [7, 11) is 0. The van der Waals surface area contributed by atoms with Crippen LogP contribution in [0.4, 0.5) is 4.79 Å². The van der Waals surface area contributed by atoms with Gasteiger partial charge in [0.05, 0.1) is 0 Å². The van der Waals surface area contributed by atoms with Crippen molar-refractivity contribution >= 4 is 17.8 Å². The lowest BCUT2D eigenvalue weighted by Gasteiger charge is -2.35. The molecule has 3 aliphatic rings. The van der Waals surface area contributed by atoms with Crippen LogP contribution in [0.25, 0.3) is 0 Å². The molecule has 4 rings (SSSR count). The van der Waals surface area contributed by atoms with Gasteiger partial charge in [-0.15, -0.1) is 0 Å². The van der Waals surface area contributed by atoms with Crippen LogP contribution in [0.3, 0.4) is 0 Å². The van der Waals surface area contributed by atoms with E-state index in [0.717, 1.165) is 28.9 Å². The standard InChI is InChI=1S/C20H25N3O3/c1-13-9-14(2)11-22(10-13)17(24)12-23-18(25)20(21-19(23)26)8-7-15-5-3-4-6-16(15)20/h3-6,13-14H,7-12H2,1-2H3,(H,21,26)/t13-,14+,20-/m1/s1. The fourth-order valence-corrected chi connectivity index (χ4v) is 4.84. The summed E-state index contributed by atoms with van der Waals surface area (Å²) in [5, 5.41) is 2.88. The van der Waals surface area contributed by atoms with Crippen LogP contribution in [-0.2, 0) is 21.5 Å². The summed E-state index contributed by atoms with van der Waals surface area (Å²) in [6.07, 6.45) is 2.41. The number of nitrogens with zero attached hydrogens (tertiary/aromatic N) is 2. The molecule has 1 N–H and O–H groups in total. The largest absolute Gasteiger partial charge is 0.341 e. The monoisotopic (exact) mass is 355 g/mol. The second-order valence-electron chi connectivity index (χ2n) is 8.13. The lowest BCUT2D eigenvalue weighted by molar-refractivity contribution is -0.140. The molecule has 2 fully saturated rings. The SMILES string of the molecule is C[C@@H]1C[C@H](C)CN(C(=O)CN2C(=O)N[C@@]3(CCc4ccccc43)C2=O)C1. The van der Waals surface area contributed by atoms with Crippen molar-refractivity contribution in [3.63, 3.8) is 0 Å². The van der Waals surface area contributed by atoms with Crippen molar-refractivity contribution in [1.82, 2.24) is 15.1 Å². The van der Waals surface area contributed by atoms with E-state index in [1.165, 1.54) is 0 Å². The topological polar surface area (TPSA) is 69.7 Å². The van der Waals surface area contributed by atoms with Crippen molar-refractivity contribution in [1.29, 1.82) is 0 Å². The highest BCUT2D eigenvalue weighted by Crippen LogP contribution is 2.41. The number of nitrogens with one attached hydrogen (secondary N) is 1. The predicted molar refractivity (Wildman–Crippen MR) is 96.2 cm³/mol. The third-order valence-corrected chi connectivity index (χ3v) is 5.94. The molecule has 2 heterocycles. The first-order chi connectivity index (χ1) is 12.4. The molecule has 6 nitrogen and oxygen atoms in total. The molecule has 4 amide bonds. The van der Waals surface area contributed by atoms with Crippen molar-refractivity contribution in [3.05, 3.63) is 35.4 Å². The molecule has 3 atom stereocenters. The number of amides is 4. The van der Waals surface area contributed by atoms with Crippen LogP contribution in [0.5, 0.6) is 0 Å². The molecule has 0 radical (unpaired) electrons. The maximum absolute atomic E-state index is 13.1. The number of piperidine rings is 1. The second-order valence-corrected chi connectivity index (χ2v) is 8.13. The van der Waals surface area contributed by atoms with E-state index >= 15 is 0 Å². The molecule has 1 aromatic carbocycles. The van der Waals surface area contributed by atoms with Crippen LogP contribution < -0.4 is 5.32 Å². The maximum atomic E-state index is 13.1. The number of hydrogen-bond donors (Lipinski definition) is 1. The Morgan fingerprint density at radius 2 is 1.88 bits per heavy atom. The minimum Gasteiger partial charge on any atom is -0.341 e. The Kier molecular flexibility index (Phi) is 4.01. The van der Waals surface area contributed by atoms with Gasteiger partial charge >= 0.3 is 6.03 Å². The van der Waals surface area contributed by atoms with Gasteiger partial charge in [0.25, 0.3) is 5.91 Å². The molecule has 0 bridgehead atoms. The summed E-state index contributed by atoms with van der Waals surface area (Å²) in [4.78, 5) is 41.3. The van der Waals surface area contributed by atoms with Crippen LogP contribution in [0.15, 0.2) is 24.3 Å². The number of urea groups is 1. The van der Waals surface area contributed by atoms with Gasteiger partial charge in [-0.1, -0.05) is 38.1 Å². The highest BCUT2D eigenvalue weighted by molar-refractivity contribution is 6.09. The number of hydrogen-bond acceptors (Lipinski definition) is 3. The summed E-state index contributed by atoms with van der Waals surface area (Å²) in [6, 6.07) is 7.26. The van der Waals surface area contributed by atoms with Crippen molar-refractivity contribution in [2.24, 2.45) is 11.8 Å². The van der Waals surface area contributed by atoms with Gasteiger partial charge in [-0.3, -0.25) is 14.5 Å². The Balaban J connectivity index is 1.53. The number of rotatable bonds is 2. The molecular weight excluding hydrogens is 330 g/mol. The van der Waals surface area contributed by atoms with Crippen molar-refractivity contribution < 1.29 is 14.4 Å². The average molecular weight is 355 g/mol. The van der Waals surface area contributed by atoms with Gasteiger partial charge in [-0.25, -0.2) is 4.79 Å². The fourth-order valence-electron chi connectivity index (χ4n) is 4.84. The van der Waals surface area contributed by atoms with Gasteiger partial charge in [-0.2, -0.15) is 0 Å². The van der Waals surface area contributed by atoms with E-state index in [1.54, 1.807) is 4.90 Å². The smallest absolute Gasteiger partial charge is 0.325 e. The Morgan fingerprint density at radius 1 is 1.19 bits per heavy atom. The van der Waals surface area contributed by atoms with E-state index in [0.29, 0.717) is 31.3 Å². The number of aryl methyl sites for hydroxylation is 1. The van der Waals surface area contributed by atoms with Gasteiger partial charge in [0.2, 0.25) is 5.91 Å². The Hall–Kier alpha value is -2.37. The van der Waals surface area contributed by atoms with Crippen LogP contribution in [0.1, 0.15) is 37.8 Å². The summed E-state index contributed by atoms with van der Waals surface area (Å²) in [6.45, 7) is 5.48. The molecule has 0 unspecified atom stereocenters. The number of carbonyl (C=O) groups is 3. The van der Waals surface area contributed by atoms with E-state index in [1.807, 2.05) is 24.3 Å². The normalized spacial score (nSPS) is 30.7. The zero-order valence-electron chi connectivity index (χ0n) is 15.3. The molecule has 26 heavy (non-hydrogen) atoms. The van der Waals surface area contributed by atoms with Crippen LogP contribution >= 0.6 is 0 Å². The number of carbonyl (C=O) groups excluding carboxylic acids is 3. The molecule has 2 saturated heterocycles. The third-order valence-electron chi connectivity index (χ3n) is 5.94. The molecule has 1 aromatic rings. The minimum absolute atomic E-state index is 0.143. The van der Waals surface area contributed by atoms with E-state index in [2.05, 4.69) is 19.2 Å². The molecule has 6 heteroatoms. The number of benzene rings is 1. The quantitative estimate of drug-likeness (QED) is 0.824. The lowest BCUT2D eigenvalue weighted by Crippen LogP contribution is -2.48. The molecular formula is C20H25N3O3. The Labute approximate surface area is 153 Å². The number of imide groups is 1. The van der Waals surface area contributed by atoms with E-state index in [-0.39, 0.29) is 18.4 Å². The van der Waals surface area contributed by atoms with Gasteiger partial charge in [0.15, 0.2) is 0 Å². The molecule has 1 aliphatic carbocycles. The first kappa shape index (κ1) is 17.1. The van der Waals surface area contributed by atoms with Gasteiger partial charge < -0.3 is 10.2 Å². The highest BCUT2D eigenvalue weighted by atomic mass is 16.2. The Bertz CT molecular complexity index is 767. The van der Waals surface area contributed by atoms with Crippen molar-refractivity contribution in [2.75, 3.05) is 19.6 Å². The van der Waals surface area contributed by atoms with Gasteiger partial charge in [0, 0.05) is 13.1 Å². The Morgan fingerprint density at radius 3 is 2.62 bits per heavy atom. The predicted octanol–water partition coefficient (Wildman–Crippen LogP) is 1.88. The molecule has 0 saturated carbocycles. The molecule has 138 valence electrons. The zero-order valence-corrected chi connectivity index (χ0v) is 15.3. The summed E-state index contributed by atoms with van der Waals surface area (Å²) in [5.74, 6) is 0.451. The molecule has 1 spiro atoms. The molecule has 0 aromatic heterocycles. The van der Waals surface area contributed by atoms with Gasteiger partial charge in [-0.05, 0) is 42.2 Å². The summed E-state index contributed by atoms with van der Waals surface area (Å²) >= 11 is 0. The third kappa shape index (κ3) is 2.59. The van der Waals surface area contributed by atoms with E-state index in [4.69, 9.17) is 0 Å². The fraction of sp³-hybridized carbons (Fsp3) is 0.550. The van der Waals surface area contributed by atoms with E-state index in [9.17, 15) is 14.4 Å². The summed E-state index contributed by atoms with van der Waals surface area (Å²) < 4.78 is 0.